The maximum Gasteiger partial charge on any atom is 0.407 e. The number of alkyl carbamates (subject to hydrolysis) is 1. The van der Waals surface area contributed by atoms with Gasteiger partial charge in [0.15, 0.2) is 0 Å². The Balaban J connectivity index is 2.09. The van der Waals surface area contributed by atoms with Crippen LogP contribution in [0.4, 0.5) is 22.0 Å². The van der Waals surface area contributed by atoms with Gasteiger partial charge in [-0.05, 0) is 50.1 Å². The molecule has 2 rings (SSSR count). The van der Waals surface area contributed by atoms with Gasteiger partial charge in [0.25, 0.3) is 0 Å². The molecule has 0 bridgehead atoms. The summed E-state index contributed by atoms with van der Waals surface area (Å²) in [6.07, 6.45) is 0.500. The average molecular weight is 380 g/mol. The minimum atomic E-state index is -0.605. The molecule has 9 nitrogen and oxygen atoms in total. The van der Waals surface area contributed by atoms with Gasteiger partial charge in [-0.25, -0.2) is 9.78 Å². The standard InChI is InChI=1S/C16H18ClN5O4/c1-16(2,3)26-15(23)19-8-10-5-4-6-11(7-10)20-13-12(22(24)25)9-18-14(17)21-13/h4-7,9H,8H2,1-3H3,(H,19,23)(H,18,20,21). The topological polar surface area (TPSA) is 119 Å². The van der Waals surface area contributed by atoms with E-state index in [0.29, 0.717) is 5.69 Å². The molecule has 0 aliphatic carbocycles. The van der Waals surface area contributed by atoms with Crippen molar-refractivity contribution in [3.8, 4) is 0 Å². The van der Waals surface area contributed by atoms with Gasteiger partial charge in [-0.15, -0.1) is 0 Å². The van der Waals surface area contributed by atoms with Crippen LogP contribution in [-0.4, -0.2) is 26.6 Å². The number of carbonyl (C=O) groups excluding carboxylic acids is 1. The second-order valence-corrected chi connectivity index (χ2v) is 6.65. The van der Waals surface area contributed by atoms with Crippen LogP contribution in [0.5, 0.6) is 0 Å². The Morgan fingerprint density at radius 2 is 2.12 bits per heavy atom. The summed E-state index contributed by atoms with van der Waals surface area (Å²) in [6, 6.07) is 6.96. The second-order valence-electron chi connectivity index (χ2n) is 6.31. The first-order valence-electron chi connectivity index (χ1n) is 7.64. The van der Waals surface area contributed by atoms with E-state index < -0.39 is 16.6 Å². The van der Waals surface area contributed by atoms with E-state index in [0.717, 1.165) is 11.8 Å². The van der Waals surface area contributed by atoms with Gasteiger partial charge in [-0.1, -0.05) is 12.1 Å². The Kier molecular flexibility index (Phi) is 5.93. The number of benzene rings is 1. The smallest absolute Gasteiger partial charge is 0.407 e. The van der Waals surface area contributed by atoms with Crippen molar-refractivity contribution < 1.29 is 14.5 Å². The van der Waals surface area contributed by atoms with Gasteiger partial charge in [-0.3, -0.25) is 10.1 Å². The van der Waals surface area contributed by atoms with Crippen molar-refractivity contribution in [3.63, 3.8) is 0 Å². The van der Waals surface area contributed by atoms with Gasteiger partial charge in [0.2, 0.25) is 11.1 Å². The summed E-state index contributed by atoms with van der Waals surface area (Å²) in [5, 5.41) is 16.4. The lowest BCUT2D eigenvalue weighted by atomic mass is 10.2. The Hall–Kier alpha value is -2.94. The molecule has 138 valence electrons. The molecule has 0 aliphatic heterocycles. The number of nitro groups is 1. The van der Waals surface area contributed by atoms with Crippen molar-refractivity contribution in [2.24, 2.45) is 0 Å². The largest absolute Gasteiger partial charge is 0.444 e. The zero-order valence-corrected chi connectivity index (χ0v) is 15.2. The molecule has 2 aromatic rings. The summed E-state index contributed by atoms with van der Waals surface area (Å²) in [7, 11) is 0. The fourth-order valence-corrected chi connectivity index (χ4v) is 2.10. The minimum Gasteiger partial charge on any atom is -0.444 e. The fourth-order valence-electron chi connectivity index (χ4n) is 1.96. The van der Waals surface area contributed by atoms with E-state index in [9.17, 15) is 14.9 Å². The van der Waals surface area contributed by atoms with Crippen LogP contribution in [0.15, 0.2) is 30.5 Å². The zero-order valence-electron chi connectivity index (χ0n) is 14.4. The molecule has 1 aromatic carbocycles. The van der Waals surface area contributed by atoms with E-state index in [4.69, 9.17) is 16.3 Å². The number of carbonyl (C=O) groups is 1. The van der Waals surface area contributed by atoms with E-state index >= 15 is 0 Å². The fraction of sp³-hybridized carbons (Fsp3) is 0.312. The van der Waals surface area contributed by atoms with Crippen LogP contribution in [0.25, 0.3) is 0 Å². The second kappa shape index (κ2) is 7.96. The molecule has 1 heterocycles. The van der Waals surface area contributed by atoms with Crippen LogP contribution >= 0.6 is 11.6 Å². The van der Waals surface area contributed by atoms with Crippen LogP contribution in [0, 0.1) is 10.1 Å². The number of nitrogens with one attached hydrogen (secondary N) is 2. The summed E-state index contributed by atoms with van der Waals surface area (Å²) < 4.78 is 5.17. The molecule has 0 saturated carbocycles. The molecule has 10 heteroatoms. The highest BCUT2D eigenvalue weighted by atomic mass is 35.5. The number of rotatable bonds is 5. The first-order chi connectivity index (χ1) is 12.1. The predicted octanol–water partition coefficient (Wildman–Crippen LogP) is 3.81. The van der Waals surface area contributed by atoms with Crippen molar-refractivity contribution in [1.29, 1.82) is 0 Å². The molecule has 2 N–H and O–H groups in total. The summed E-state index contributed by atoms with van der Waals surface area (Å²) in [4.78, 5) is 29.6. The van der Waals surface area contributed by atoms with Crippen molar-refractivity contribution in [1.82, 2.24) is 15.3 Å². The van der Waals surface area contributed by atoms with Gasteiger partial charge < -0.3 is 15.4 Å². The SMILES string of the molecule is CC(C)(C)OC(=O)NCc1cccc(Nc2nc(Cl)ncc2[N+](=O)[O-])c1. The molecule has 1 amide bonds. The maximum atomic E-state index is 11.7. The molecule has 0 atom stereocenters. The van der Waals surface area contributed by atoms with E-state index in [1.807, 2.05) is 0 Å². The third-order valence-electron chi connectivity index (χ3n) is 2.96. The molecule has 0 saturated heterocycles. The molecular formula is C16H18ClN5O4. The van der Waals surface area contributed by atoms with Crippen LogP contribution < -0.4 is 10.6 Å². The van der Waals surface area contributed by atoms with E-state index in [-0.39, 0.29) is 23.3 Å². The van der Waals surface area contributed by atoms with Gasteiger partial charge in [0.05, 0.1) is 4.92 Å². The Morgan fingerprint density at radius 1 is 1.38 bits per heavy atom. The van der Waals surface area contributed by atoms with Gasteiger partial charge >= 0.3 is 11.8 Å². The molecule has 0 unspecified atom stereocenters. The lowest BCUT2D eigenvalue weighted by Gasteiger charge is -2.19. The quantitative estimate of drug-likeness (QED) is 0.460. The highest BCUT2D eigenvalue weighted by Crippen LogP contribution is 2.26. The number of hydrogen-bond acceptors (Lipinski definition) is 7. The third-order valence-corrected chi connectivity index (χ3v) is 3.14. The molecule has 0 fully saturated rings. The highest BCUT2D eigenvalue weighted by Gasteiger charge is 2.18. The number of aromatic nitrogens is 2. The molecule has 1 aromatic heterocycles. The molecule has 0 spiro atoms. The molecule has 26 heavy (non-hydrogen) atoms. The monoisotopic (exact) mass is 379 g/mol. The summed E-state index contributed by atoms with van der Waals surface area (Å²) >= 11 is 5.71. The number of nitrogens with zero attached hydrogens (tertiary/aromatic N) is 3. The summed E-state index contributed by atoms with van der Waals surface area (Å²) in [5.41, 5.74) is 0.431. The van der Waals surface area contributed by atoms with E-state index in [2.05, 4.69) is 20.6 Å². The average Bonchev–Trinajstić information content (AvgIpc) is 2.51. The van der Waals surface area contributed by atoms with Crippen LogP contribution in [-0.2, 0) is 11.3 Å². The first-order valence-corrected chi connectivity index (χ1v) is 8.01. The normalized spacial score (nSPS) is 10.9. The van der Waals surface area contributed by atoms with Crippen LogP contribution in [0.2, 0.25) is 5.28 Å². The van der Waals surface area contributed by atoms with Crippen molar-refractivity contribution in [2.45, 2.75) is 32.9 Å². The van der Waals surface area contributed by atoms with E-state index in [1.165, 1.54) is 0 Å². The van der Waals surface area contributed by atoms with Crippen LogP contribution in [0.3, 0.4) is 0 Å². The molecule has 0 aliphatic rings. The number of amides is 1. The van der Waals surface area contributed by atoms with E-state index in [1.54, 1.807) is 45.0 Å². The molecular weight excluding hydrogens is 362 g/mol. The van der Waals surface area contributed by atoms with Crippen LogP contribution in [0.1, 0.15) is 26.3 Å². The lowest BCUT2D eigenvalue weighted by Crippen LogP contribution is -2.32. The Morgan fingerprint density at radius 3 is 2.77 bits per heavy atom. The number of halogens is 1. The highest BCUT2D eigenvalue weighted by molar-refractivity contribution is 6.28. The lowest BCUT2D eigenvalue weighted by molar-refractivity contribution is -0.384. The van der Waals surface area contributed by atoms with Gasteiger partial charge in [0, 0.05) is 12.2 Å². The number of hydrogen-bond donors (Lipinski definition) is 2. The minimum absolute atomic E-state index is 0.0211. The van der Waals surface area contributed by atoms with Gasteiger partial charge in [0.1, 0.15) is 11.8 Å². The van der Waals surface area contributed by atoms with Gasteiger partial charge in [-0.2, -0.15) is 4.98 Å². The molecule has 0 radical (unpaired) electrons. The number of ether oxygens (including phenoxy) is 1. The summed E-state index contributed by atoms with van der Waals surface area (Å²) in [6.45, 7) is 5.56. The van der Waals surface area contributed by atoms with Crippen molar-refractivity contribution >= 4 is 34.9 Å². The predicted molar refractivity (Wildman–Crippen MR) is 96.5 cm³/mol. The van der Waals surface area contributed by atoms with Crippen molar-refractivity contribution in [3.05, 3.63) is 51.4 Å². The number of anilines is 2. The Bertz CT molecular complexity index is 823. The maximum absolute atomic E-state index is 11.7. The first kappa shape index (κ1) is 19.4. The van der Waals surface area contributed by atoms with Crippen molar-refractivity contribution in [2.75, 3.05) is 5.32 Å². The summed E-state index contributed by atoms with van der Waals surface area (Å²) in [5.74, 6) is -0.0211. The third kappa shape index (κ3) is 5.85. The zero-order chi connectivity index (χ0) is 19.3. The Labute approximate surface area is 154 Å².